The molecule has 4 aromatic carbocycles. The number of methoxy groups -OCH3 is 2. The van der Waals surface area contributed by atoms with Crippen molar-refractivity contribution < 1.29 is 22.4 Å². The van der Waals surface area contributed by atoms with Crippen molar-refractivity contribution in [2.45, 2.75) is 11.8 Å². The largest absolute Gasteiger partial charge is 0.744 e. The third kappa shape index (κ3) is 4.32. The number of ether oxygens (including phenoxy) is 2. The number of aryl methyl sites for hydroxylation is 1. The van der Waals surface area contributed by atoms with Crippen LogP contribution in [0.4, 0.5) is 0 Å². The van der Waals surface area contributed by atoms with Crippen molar-refractivity contribution in [1.82, 2.24) is 0 Å². The van der Waals surface area contributed by atoms with Crippen molar-refractivity contribution in [1.29, 1.82) is 0 Å². The number of rotatable bonds is 7. The smallest absolute Gasteiger partial charge is 0.145 e. The molecule has 0 atom stereocenters. The summed E-state index contributed by atoms with van der Waals surface area (Å²) in [6.45, 7) is 1.78. The van der Waals surface area contributed by atoms with Crippen LogP contribution >= 0.6 is 7.26 Å². The Morgan fingerprint density at radius 3 is 1.59 bits per heavy atom. The Hall–Kier alpha value is -3.18. The summed E-state index contributed by atoms with van der Waals surface area (Å²) in [5, 5.41) is 3.23. The van der Waals surface area contributed by atoms with Gasteiger partial charge < -0.3 is 14.0 Å². The summed E-state index contributed by atoms with van der Waals surface area (Å²) in [5.74, 6) is 1.37. The molecule has 0 radical (unpaired) electrons. The summed E-state index contributed by atoms with van der Waals surface area (Å²) in [6, 6.07) is 30.1. The zero-order valence-electron chi connectivity index (χ0n) is 19.1. The lowest BCUT2D eigenvalue weighted by atomic mass is 10.2. The molecule has 0 unspecified atom stereocenters. The Balaban J connectivity index is 2.20. The fourth-order valence-corrected chi connectivity index (χ4v) is 9.86. The fraction of sp³-hybridized carbons (Fsp3) is 0.111. The molecule has 34 heavy (non-hydrogen) atoms. The van der Waals surface area contributed by atoms with Crippen LogP contribution in [0.25, 0.3) is 0 Å². The lowest BCUT2D eigenvalue weighted by Gasteiger charge is -2.30. The normalized spacial score (nSPS) is 11.8. The van der Waals surface area contributed by atoms with Gasteiger partial charge in [0.05, 0.1) is 19.1 Å². The van der Waals surface area contributed by atoms with Crippen LogP contribution in [0.5, 0.6) is 11.5 Å². The third-order valence-corrected chi connectivity index (χ3v) is 11.2. The Labute approximate surface area is 201 Å². The third-order valence-electron chi connectivity index (χ3n) is 5.81. The second-order valence-corrected chi connectivity index (χ2v) is 12.5. The fourth-order valence-electron chi connectivity index (χ4n) is 4.23. The predicted molar refractivity (Wildman–Crippen MR) is 137 cm³/mol. The van der Waals surface area contributed by atoms with Crippen LogP contribution in [0.15, 0.2) is 102 Å². The van der Waals surface area contributed by atoms with Crippen LogP contribution in [-0.2, 0) is 10.1 Å². The molecule has 4 rings (SSSR count). The molecule has 0 saturated carbocycles. The Morgan fingerprint density at radius 1 is 0.676 bits per heavy atom. The zero-order chi connectivity index (χ0) is 24.3. The van der Waals surface area contributed by atoms with Crippen LogP contribution in [-0.4, -0.2) is 27.2 Å². The van der Waals surface area contributed by atoms with E-state index in [1.165, 1.54) is 6.07 Å². The van der Waals surface area contributed by atoms with Crippen LogP contribution in [0.2, 0.25) is 0 Å². The maximum absolute atomic E-state index is 12.6. The molecule has 0 fully saturated rings. The molecule has 0 N–H and O–H groups in total. The summed E-state index contributed by atoms with van der Waals surface area (Å²) < 4.78 is 48.5. The van der Waals surface area contributed by atoms with Crippen LogP contribution < -0.4 is 30.7 Å². The summed E-state index contributed by atoms with van der Waals surface area (Å²) in [4.78, 5) is -0.198. The topological polar surface area (TPSA) is 75.7 Å². The first kappa shape index (κ1) is 24.0. The monoisotopic (exact) mass is 492 g/mol. The van der Waals surface area contributed by atoms with Crippen molar-refractivity contribution >= 4 is 38.6 Å². The van der Waals surface area contributed by atoms with Crippen molar-refractivity contribution in [3.63, 3.8) is 0 Å². The van der Waals surface area contributed by atoms with Gasteiger partial charge in [0.25, 0.3) is 0 Å². The van der Waals surface area contributed by atoms with Gasteiger partial charge in [-0.3, -0.25) is 0 Å². The van der Waals surface area contributed by atoms with Gasteiger partial charge in [0, 0.05) is 0 Å². The number of hydrogen-bond acceptors (Lipinski definition) is 5. The SMILES string of the molecule is COc1ccc([P+](c2ccccc2)(c2ccc(OC)cc2)c2ccc(C)cc2S(=O)(=O)[O-])cc1. The quantitative estimate of drug-likeness (QED) is 0.291. The average molecular weight is 493 g/mol. The predicted octanol–water partition coefficient (Wildman–Crippen LogP) is 3.54. The molecular formula is C27H25O5PS. The van der Waals surface area contributed by atoms with Gasteiger partial charge in [0.15, 0.2) is 0 Å². The van der Waals surface area contributed by atoms with Gasteiger partial charge in [-0.15, -0.1) is 0 Å². The second-order valence-electron chi connectivity index (χ2n) is 7.83. The molecule has 0 heterocycles. The highest BCUT2D eigenvalue weighted by Gasteiger charge is 2.50. The van der Waals surface area contributed by atoms with Crippen molar-refractivity contribution in [2.75, 3.05) is 14.2 Å². The molecule has 0 aromatic heterocycles. The van der Waals surface area contributed by atoms with E-state index in [-0.39, 0.29) is 4.90 Å². The van der Waals surface area contributed by atoms with E-state index in [2.05, 4.69) is 0 Å². The van der Waals surface area contributed by atoms with Crippen molar-refractivity contribution in [3.8, 4) is 11.5 Å². The Bertz CT molecular complexity index is 1340. The maximum Gasteiger partial charge on any atom is 0.145 e. The van der Waals surface area contributed by atoms with E-state index in [4.69, 9.17) is 9.47 Å². The number of benzene rings is 4. The molecular weight excluding hydrogens is 467 g/mol. The minimum atomic E-state index is -4.76. The van der Waals surface area contributed by atoms with E-state index >= 15 is 0 Å². The lowest BCUT2D eigenvalue weighted by Crippen LogP contribution is -2.40. The van der Waals surface area contributed by atoms with Gasteiger partial charge >= 0.3 is 0 Å². The molecule has 174 valence electrons. The van der Waals surface area contributed by atoms with Gasteiger partial charge in [0.1, 0.15) is 50.1 Å². The first-order valence-corrected chi connectivity index (χ1v) is 13.8. The highest BCUT2D eigenvalue weighted by molar-refractivity contribution is 8.02. The highest BCUT2D eigenvalue weighted by Crippen LogP contribution is 2.55. The maximum atomic E-state index is 12.6. The summed E-state index contributed by atoms with van der Waals surface area (Å²) in [6.07, 6.45) is 0. The minimum absolute atomic E-state index is 0.198. The van der Waals surface area contributed by atoms with E-state index in [0.717, 1.165) is 15.9 Å². The first-order valence-electron chi connectivity index (χ1n) is 10.6. The Morgan fingerprint density at radius 2 is 1.15 bits per heavy atom. The standard InChI is InChI=1S/C27H25O5PS/c1-20-9-18-26(27(19-20)34(28,29)30)33(23-7-5-4-6-8-23,24-14-10-21(31-2)11-15-24)25-16-12-22(32-3)13-17-25/h4-19H,1-3H3. The van der Waals surface area contributed by atoms with Crippen LogP contribution in [0.3, 0.4) is 0 Å². The zero-order valence-corrected chi connectivity index (χ0v) is 20.8. The van der Waals surface area contributed by atoms with E-state index in [0.29, 0.717) is 22.4 Å². The number of hydrogen-bond donors (Lipinski definition) is 0. The van der Waals surface area contributed by atoms with Crippen molar-refractivity contribution in [3.05, 3.63) is 103 Å². The van der Waals surface area contributed by atoms with E-state index in [9.17, 15) is 13.0 Å². The molecule has 0 amide bonds. The lowest BCUT2D eigenvalue weighted by molar-refractivity contribution is 0.415. The molecule has 0 saturated heterocycles. The summed E-state index contributed by atoms with van der Waals surface area (Å²) in [5.41, 5.74) is 0.703. The average Bonchev–Trinajstić information content (AvgIpc) is 2.86. The Kier molecular flexibility index (Phi) is 6.76. The van der Waals surface area contributed by atoms with Gasteiger partial charge in [-0.1, -0.05) is 24.3 Å². The van der Waals surface area contributed by atoms with E-state index in [1.54, 1.807) is 27.2 Å². The molecule has 0 spiro atoms. The van der Waals surface area contributed by atoms with Crippen LogP contribution in [0.1, 0.15) is 5.56 Å². The highest BCUT2D eigenvalue weighted by atomic mass is 32.2. The molecule has 0 bridgehead atoms. The molecule has 4 aromatic rings. The molecule has 0 aliphatic carbocycles. The summed E-state index contributed by atoms with van der Waals surface area (Å²) in [7, 11) is -4.38. The van der Waals surface area contributed by atoms with Gasteiger partial charge in [-0.2, -0.15) is 0 Å². The molecule has 7 heteroatoms. The molecule has 0 aliphatic heterocycles. The van der Waals surface area contributed by atoms with E-state index < -0.39 is 17.4 Å². The second kappa shape index (κ2) is 9.59. The van der Waals surface area contributed by atoms with Gasteiger partial charge in [-0.25, -0.2) is 8.42 Å². The summed E-state index contributed by atoms with van der Waals surface area (Å²) >= 11 is 0. The molecule has 0 aliphatic rings. The van der Waals surface area contributed by atoms with E-state index in [1.807, 2.05) is 84.9 Å². The van der Waals surface area contributed by atoms with Gasteiger partial charge in [-0.05, 0) is 85.3 Å². The van der Waals surface area contributed by atoms with Crippen LogP contribution in [0, 0.1) is 6.92 Å². The molecule has 5 nitrogen and oxygen atoms in total. The minimum Gasteiger partial charge on any atom is -0.744 e. The van der Waals surface area contributed by atoms with Crippen molar-refractivity contribution in [2.24, 2.45) is 0 Å². The first-order chi connectivity index (χ1) is 16.3. The van der Waals surface area contributed by atoms with Gasteiger partial charge in [0.2, 0.25) is 0 Å².